The number of carboxylic acid groups (broad SMARTS) is 1. The van der Waals surface area contributed by atoms with Crippen molar-refractivity contribution in [3.8, 4) is 0 Å². The van der Waals surface area contributed by atoms with Crippen LogP contribution in [-0.2, 0) is 9.59 Å². The number of carbonyl (C=O) groups excluding carboxylic acids is 1. The molecule has 1 rings (SSSR count). The number of aliphatic hydroxyl groups excluding tert-OH is 1. The highest BCUT2D eigenvalue weighted by Gasteiger charge is 2.24. The summed E-state index contributed by atoms with van der Waals surface area (Å²) in [5.41, 5.74) is 0.439. The zero-order valence-corrected chi connectivity index (χ0v) is 11.4. The lowest BCUT2D eigenvalue weighted by molar-refractivity contribution is -0.143. The van der Waals surface area contributed by atoms with Crippen LogP contribution in [0, 0.1) is 0 Å². The molecule has 0 aliphatic heterocycles. The van der Waals surface area contributed by atoms with E-state index in [1.165, 1.54) is 11.8 Å². The molecule has 0 fully saturated rings. The molecule has 0 heterocycles. The van der Waals surface area contributed by atoms with E-state index in [4.69, 9.17) is 5.11 Å². The predicted octanol–water partition coefficient (Wildman–Crippen LogP) is 1.04. The Morgan fingerprint density at radius 1 is 1.32 bits per heavy atom. The molecule has 0 radical (unpaired) electrons. The first-order chi connectivity index (χ1) is 9.06. The maximum absolute atomic E-state index is 11.8. The molecule has 104 valence electrons. The minimum atomic E-state index is -1.35. The molecule has 3 N–H and O–H groups in total. The third-order valence-corrected chi connectivity index (χ3v) is 3.23. The number of rotatable bonds is 7. The fraction of sp³-hybridized carbons (Fsp3) is 0.385. The van der Waals surface area contributed by atoms with Crippen LogP contribution in [0.1, 0.15) is 18.1 Å². The Morgan fingerprint density at radius 2 is 1.95 bits per heavy atom. The number of nitrogens with one attached hydrogen (secondary N) is 1. The van der Waals surface area contributed by atoms with Crippen molar-refractivity contribution in [3.05, 3.63) is 35.9 Å². The van der Waals surface area contributed by atoms with E-state index in [9.17, 15) is 14.7 Å². The molecule has 6 heteroatoms. The third kappa shape index (κ3) is 4.92. The van der Waals surface area contributed by atoms with Gasteiger partial charge in [0.2, 0.25) is 0 Å². The summed E-state index contributed by atoms with van der Waals surface area (Å²) in [6, 6.07) is 7.43. The average Bonchev–Trinajstić information content (AvgIpc) is 2.43. The molecule has 0 bridgehead atoms. The Balaban J connectivity index is 2.64. The predicted molar refractivity (Wildman–Crippen MR) is 74.0 cm³/mol. The highest BCUT2D eigenvalue weighted by atomic mass is 32.2. The van der Waals surface area contributed by atoms with Crippen molar-refractivity contribution in [1.29, 1.82) is 0 Å². The fourth-order valence-corrected chi connectivity index (χ4v) is 2.00. The second kappa shape index (κ2) is 7.81. The van der Waals surface area contributed by atoms with Crippen molar-refractivity contribution in [3.63, 3.8) is 0 Å². The smallest absolute Gasteiger partial charge is 0.326 e. The summed E-state index contributed by atoms with van der Waals surface area (Å²) in [6.07, 6.45) is 0.834. The number of hydrogen-bond donors (Lipinski definition) is 3. The largest absolute Gasteiger partial charge is 0.480 e. The van der Waals surface area contributed by atoms with Crippen molar-refractivity contribution in [2.45, 2.75) is 18.6 Å². The monoisotopic (exact) mass is 283 g/mol. The summed E-state index contributed by atoms with van der Waals surface area (Å²) in [6.45, 7) is 0. The lowest BCUT2D eigenvalue weighted by Crippen LogP contribution is -2.43. The van der Waals surface area contributed by atoms with Gasteiger partial charge in [-0.1, -0.05) is 30.3 Å². The van der Waals surface area contributed by atoms with Gasteiger partial charge in [0.15, 0.2) is 6.10 Å². The number of thioether (sulfide) groups is 1. The van der Waals surface area contributed by atoms with Crippen molar-refractivity contribution in [2.75, 3.05) is 12.0 Å². The van der Waals surface area contributed by atoms with E-state index in [-0.39, 0.29) is 0 Å². The van der Waals surface area contributed by atoms with E-state index in [1.54, 1.807) is 30.3 Å². The lowest BCUT2D eigenvalue weighted by atomic mass is 10.1. The van der Waals surface area contributed by atoms with Gasteiger partial charge in [-0.05, 0) is 24.0 Å². The normalized spacial score (nSPS) is 13.6. The molecule has 5 nitrogen and oxygen atoms in total. The highest BCUT2D eigenvalue weighted by Crippen LogP contribution is 2.12. The van der Waals surface area contributed by atoms with Crippen molar-refractivity contribution in [1.82, 2.24) is 5.32 Å². The van der Waals surface area contributed by atoms with Crippen LogP contribution in [0.15, 0.2) is 30.3 Å². The number of carboxylic acids is 1. The van der Waals surface area contributed by atoms with Crippen LogP contribution in [0.2, 0.25) is 0 Å². The molecule has 0 aliphatic carbocycles. The number of aliphatic hydroxyl groups is 1. The van der Waals surface area contributed by atoms with Gasteiger partial charge in [-0.3, -0.25) is 4.79 Å². The summed E-state index contributed by atoms with van der Waals surface area (Å²) in [4.78, 5) is 22.8. The zero-order chi connectivity index (χ0) is 14.3. The summed E-state index contributed by atoms with van der Waals surface area (Å²) in [7, 11) is 0. The second-order valence-electron chi connectivity index (χ2n) is 3.99. The quantitative estimate of drug-likeness (QED) is 0.696. The first kappa shape index (κ1) is 15.5. The van der Waals surface area contributed by atoms with E-state index in [0.717, 1.165) is 0 Å². The highest BCUT2D eigenvalue weighted by molar-refractivity contribution is 7.98. The van der Waals surface area contributed by atoms with E-state index in [1.807, 2.05) is 6.26 Å². The molecule has 0 aromatic heterocycles. The molecule has 1 aromatic carbocycles. The first-order valence-electron chi connectivity index (χ1n) is 5.81. The van der Waals surface area contributed by atoms with Gasteiger partial charge in [0.25, 0.3) is 5.91 Å². The Labute approximate surface area is 116 Å². The molecule has 19 heavy (non-hydrogen) atoms. The number of carbonyl (C=O) groups is 2. The molecule has 2 atom stereocenters. The SMILES string of the molecule is CSCCC(NC(=O)C(O)c1ccccc1)C(=O)O. The average molecular weight is 283 g/mol. The number of hydrogen-bond acceptors (Lipinski definition) is 4. The first-order valence-corrected chi connectivity index (χ1v) is 7.20. The maximum Gasteiger partial charge on any atom is 0.326 e. The van der Waals surface area contributed by atoms with Crippen LogP contribution in [0.4, 0.5) is 0 Å². The molecular weight excluding hydrogens is 266 g/mol. The van der Waals surface area contributed by atoms with Gasteiger partial charge < -0.3 is 15.5 Å². The Morgan fingerprint density at radius 3 is 2.47 bits per heavy atom. The van der Waals surface area contributed by atoms with Crippen LogP contribution in [-0.4, -0.2) is 40.1 Å². The van der Waals surface area contributed by atoms with Crippen LogP contribution in [0.25, 0.3) is 0 Å². The summed E-state index contributed by atoms with van der Waals surface area (Å²) < 4.78 is 0. The van der Waals surface area contributed by atoms with E-state index >= 15 is 0 Å². The molecule has 2 unspecified atom stereocenters. The van der Waals surface area contributed by atoms with Gasteiger partial charge >= 0.3 is 5.97 Å². The minimum absolute atomic E-state index is 0.323. The number of benzene rings is 1. The molecule has 0 saturated carbocycles. The van der Waals surface area contributed by atoms with Crippen molar-refractivity contribution < 1.29 is 19.8 Å². The molecule has 0 spiro atoms. The Bertz CT molecular complexity index is 424. The second-order valence-corrected chi connectivity index (χ2v) is 4.98. The van der Waals surface area contributed by atoms with Crippen LogP contribution >= 0.6 is 11.8 Å². The topological polar surface area (TPSA) is 86.6 Å². The lowest BCUT2D eigenvalue weighted by Gasteiger charge is -2.17. The molecule has 0 saturated heterocycles. The maximum atomic E-state index is 11.8. The summed E-state index contributed by atoms with van der Waals surface area (Å²) in [5.74, 6) is -1.17. The van der Waals surface area contributed by atoms with Crippen LogP contribution in [0.3, 0.4) is 0 Å². The van der Waals surface area contributed by atoms with Gasteiger partial charge in [0, 0.05) is 0 Å². The molecule has 1 amide bonds. The number of amides is 1. The van der Waals surface area contributed by atoms with Crippen LogP contribution < -0.4 is 5.32 Å². The van der Waals surface area contributed by atoms with E-state index in [2.05, 4.69) is 5.32 Å². The van der Waals surface area contributed by atoms with Crippen molar-refractivity contribution in [2.24, 2.45) is 0 Å². The molecule has 0 aliphatic rings. The van der Waals surface area contributed by atoms with Crippen molar-refractivity contribution >= 4 is 23.6 Å². The van der Waals surface area contributed by atoms with Gasteiger partial charge in [-0.2, -0.15) is 11.8 Å². The minimum Gasteiger partial charge on any atom is -0.480 e. The molecule has 1 aromatic rings. The van der Waals surface area contributed by atoms with Gasteiger partial charge in [0.05, 0.1) is 0 Å². The van der Waals surface area contributed by atoms with E-state index < -0.39 is 24.0 Å². The van der Waals surface area contributed by atoms with Gasteiger partial charge in [-0.15, -0.1) is 0 Å². The van der Waals surface area contributed by atoms with Gasteiger partial charge in [0.1, 0.15) is 6.04 Å². The standard InChI is InChI=1S/C13H17NO4S/c1-19-8-7-10(13(17)18)14-12(16)11(15)9-5-3-2-4-6-9/h2-6,10-11,15H,7-8H2,1H3,(H,14,16)(H,17,18). The Hall–Kier alpha value is -1.53. The summed E-state index contributed by atoms with van der Waals surface area (Å²) in [5, 5.41) is 21.2. The Kier molecular flexibility index (Phi) is 6.38. The zero-order valence-electron chi connectivity index (χ0n) is 10.6. The molecular formula is C13H17NO4S. The van der Waals surface area contributed by atoms with Crippen LogP contribution in [0.5, 0.6) is 0 Å². The fourth-order valence-electron chi connectivity index (χ4n) is 1.53. The van der Waals surface area contributed by atoms with E-state index in [0.29, 0.717) is 17.7 Å². The summed E-state index contributed by atoms with van der Waals surface area (Å²) >= 11 is 1.50. The number of aliphatic carboxylic acids is 1. The third-order valence-electron chi connectivity index (χ3n) is 2.59. The van der Waals surface area contributed by atoms with Gasteiger partial charge in [-0.25, -0.2) is 4.79 Å².